The lowest BCUT2D eigenvalue weighted by atomic mass is 9.92. The Morgan fingerprint density at radius 1 is 1.00 bits per heavy atom. The van der Waals surface area contributed by atoms with Crippen LogP contribution in [0, 0.1) is 6.92 Å². The van der Waals surface area contributed by atoms with Gasteiger partial charge in [-0.15, -0.1) is 0 Å². The average molecular weight is 412 g/mol. The number of benzene rings is 2. The van der Waals surface area contributed by atoms with Gasteiger partial charge < -0.3 is 0 Å². The molecule has 0 aliphatic carbocycles. The largest absolute Gasteiger partial charge is 0.267 e. The lowest BCUT2D eigenvalue weighted by molar-refractivity contribution is 0.532. The van der Waals surface area contributed by atoms with Crippen molar-refractivity contribution >= 4 is 15.7 Å². The normalized spacial score (nSPS) is 12.2. The van der Waals surface area contributed by atoms with E-state index in [1.807, 2.05) is 89.2 Å². The van der Waals surface area contributed by atoms with E-state index >= 15 is 0 Å². The first-order valence-corrected chi connectivity index (χ1v) is 11.3. The third-order valence-corrected chi connectivity index (χ3v) is 6.76. The van der Waals surface area contributed by atoms with Gasteiger partial charge >= 0.3 is 0 Å². The van der Waals surface area contributed by atoms with Gasteiger partial charge in [-0.3, -0.25) is 8.99 Å². The second-order valence-electron chi connectivity index (χ2n) is 8.23. The summed E-state index contributed by atoms with van der Waals surface area (Å²) in [4.78, 5) is 0.269. The maximum absolute atomic E-state index is 13.7. The first-order chi connectivity index (χ1) is 13.6. The summed E-state index contributed by atoms with van der Waals surface area (Å²) in [5.41, 5.74) is 2.87. The molecular formula is C23H29N3O2S. The Balaban J connectivity index is 2.11. The van der Waals surface area contributed by atoms with Gasteiger partial charge in [-0.2, -0.15) is 5.10 Å². The minimum absolute atomic E-state index is 0.269. The summed E-state index contributed by atoms with van der Waals surface area (Å²) in [5, 5.41) is 4.69. The van der Waals surface area contributed by atoms with Crippen molar-refractivity contribution in [2.24, 2.45) is 0 Å². The highest BCUT2D eigenvalue weighted by Crippen LogP contribution is 2.33. The van der Waals surface area contributed by atoms with Crippen LogP contribution in [-0.2, 0) is 22.0 Å². The summed E-state index contributed by atoms with van der Waals surface area (Å²) < 4.78 is 30.6. The number of anilines is 1. The predicted molar refractivity (Wildman–Crippen MR) is 118 cm³/mol. The van der Waals surface area contributed by atoms with Crippen molar-refractivity contribution in [1.29, 1.82) is 0 Å². The zero-order valence-electron chi connectivity index (χ0n) is 17.8. The molecule has 5 nitrogen and oxygen atoms in total. The Bertz CT molecular complexity index is 1080. The molecule has 0 saturated carbocycles. The van der Waals surface area contributed by atoms with Crippen molar-refractivity contribution in [1.82, 2.24) is 9.78 Å². The van der Waals surface area contributed by atoms with Gasteiger partial charge in [0.05, 0.1) is 17.9 Å². The highest BCUT2D eigenvalue weighted by molar-refractivity contribution is 7.92. The third kappa shape index (κ3) is 4.37. The molecule has 29 heavy (non-hydrogen) atoms. The van der Waals surface area contributed by atoms with Crippen LogP contribution in [0.2, 0.25) is 0 Å². The van der Waals surface area contributed by atoms with E-state index in [0.717, 1.165) is 11.1 Å². The number of hydrogen-bond acceptors (Lipinski definition) is 3. The lowest BCUT2D eigenvalue weighted by Crippen LogP contribution is -2.32. The summed E-state index contributed by atoms with van der Waals surface area (Å²) >= 11 is 0. The van der Waals surface area contributed by atoms with Gasteiger partial charge in [-0.05, 0) is 31.0 Å². The summed E-state index contributed by atoms with van der Waals surface area (Å²) in [6.07, 6.45) is 1.67. The van der Waals surface area contributed by atoms with Crippen LogP contribution in [0.25, 0.3) is 0 Å². The second kappa shape index (κ2) is 8.03. The molecule has 1 aromatic heterocycles. The third-order valence-electron chi connectivity index (χ3n) is 4.87. The smallest absolute Gasteiger partial charge is 0.267 e. The molecular weight excluding hydrogens is 382 g/mol. The van der Waals surface area contributed by atoms with Crippen LogP contribution < -0.4 is 4.31 Å². The average Bonchev–Trinajstić information content (AvgIpc) is 3.10. The first kappa shape index (κ1) is 21.1. The van der Waals surface area contributed by atoms with Gasteiger partial charge in [0, 0.05) is 18.2 Å². The molecule has 0 atom stereocenters. The molecule has 0 unspecified atom stereocenters. The molecule has 0 bridgehead atoms. The van der Waals surface area contributed by atoms with Gasteiger partial charge in [0.2, 0.25) is 0 Å². The van der Waals surface area contributed by atoms with Crippen molar-refractivity contribution in [3.63, 3.8) is 0 Å². The molecule has 2 aromatic carbocycles. The van der Waals surface area contributed by atoms with Crippen molar-refractivity contribution in [2.45, 2.75) is 51.5 Å². The highest BCUT2D eigenvalue weighted by Gasteiger charge is 2.34. The lowest BCUT2D eigenvalue weighted by Gasteiger charge is -2.26. The Morgan fingerprint density at radius 2 is 1.62 bits per heavy atom. The number of aryl methyl sites for hydroxylation is 1. The number of nitrogens with zero attached hydrogens (tertiary/aromatic N) is 3. The van der Waals surface area contributed by atoms with E-state index in [1.165, 1.54) is 4.31 Å². The Hall–Kier alpha value is -2.60. The van der Waals surface area contributed by atoms with Crippen LogP contribution in [0.3, 0.4) is 0 Å². The summed E-state index contributed by atoms with van der Waals surface area (Å²) in [6.45, 7) is 10.6. The van der Waals surface area contributed by atoms with Crippen molar-refractivity contribution in [3.05, 3.63) is 77.6 Å². The van der Waals surface area contributed by atoms with Crippen LogP contribution in [0.15, 0.2) is 65.7 Å². The minimum atomic E-state index is -3.76. The van der Waals surface area contributed by atoms with Gasteiger partial charge in [-0.1, -0.05) is 69.3 Å². The molecule has 0 fully saturated rings. The van der Waals surface area contributed by atoms with Crippen LogP contribution in [0.4, 0.5) is 5.69 Å². The molecule has 0 amide bonds. The van der Waals surface area contributed by atoms with E-state index < -0.39 is 15.4 Å². The number of hydrogen-bond donors (Lipinski definition) is 0. The number of rotatable bonds is 6. The quantitative estimate of drug-likeness (QED) is 0.588. The predicted octanol–water partition coefficient (Wildman–Crippen LogP) is 4.75. The summed E-state index contributed by atoms with van der Waals surface area (Å²) in [6, 6.07) is 17.5. The molecule has 0 aliphatic rings. The SMILES string of the molecule is CCN(c1ccccc1C)S(=O)(=O)c1cn(Cc2ccccc2)nc1C(C)(C)C. The molecule has 1 heterocycles. The molecule has 3 aromatic rings. The van der Waals surface area contributed by atoms with Crippen molar-refractivity contribution in [3.8, 4) is 0 Å². The number of aromatic nitrogens is 2. The Morgan fingerprint density at radius 3 is 2.21 bits per heavy atom. The topological polar surface area (TPSA) is 55.2 Å². The van der Waals surface area contributed by atoms with Crippen LogP contribution in [0.1, 0.15) is 44.5 Å². The fourth-order valence-electron chi connectivity index (χ4n) is 3.39. The summed E-state index contributed by atoms with van der Waals surface area (Å²) in [5.74, 6) is 0. The number of para-hydroxylation sites is 1. The second-order valence-corrected chi connectivity index (χ2v) is 10.1. The van der Waals surface area contributed by atoms with E-state index in [2.05, 4.69) is 5.10 Å². The maximum Gasteiger partial charge on any atom is 0.267 e. The van der Waals surface area contributed by atoms with Crippen molar-refractivity contribution < 1.29 is 8.42 Å². The molecule has 0 spiro atoms. The molecule has 0 N–H and O–H groups in total. The van der Waals surface area contributed by atoms with Gasteiger partial charge in [-0.25, -0.2) is 8.42 Å². The van der Waals surface area contributed by atoms with E-state index in [1.54, 1.807) is 10.9 Å². The molecule has 0 saturated heterocycles. The molecule has 3 rings (SSSR count). The molecule has 154 valence electrons. The summed E-state index contributed by atoms with van der Waals surface area (Å²) in [7, 11) is -3.76. The standard InChI is InChI=1S/C23H29N3O2S/c1-6-26(20-15-11-10-12-18(20)2)29(27,28)21-17-25(24-22(21)23(3,4)5)16-19-13-8-7-9-14-19/h7-15,17H,6,16H2,1-5H3. The van der Waals surface area contributed by atoms with Crippen LogP contribution in [0.5, 0.6) is 0 Å². The highest BCUT2D eigenvalue weighted by atomic mass is 32.2. The fourth-order valence-corrected chi connectivity index (χ4v) is 5.28. The minimum Gasteiger partial charge on any atom is -0.267 e. The molecule has 6 heteroatoms. The Labute approximate surface area is 174 Å². The first-order valence-electron chi connectivity index (χ1n) is 9.85. The maximum atomic E-state index is 13.7. The van der Waals surface area contributed by atoms with Gasteiger partial charge in [0.15, 0.2) is 0 Å². The van der Waals surface area contributed by atoms with Crippen molar-refractivity contribution in [2.75, 3.05) is 10.8 Å². The van der Waals surface area contributed by atoms with E-state index in [-0.39, 0.29) is 4.90 Å². The Kier molecular flexibility index (Phi) is 5.85. The van der Waals surface area contributed by atoms with E-state index in [9.17, 15) is 8.42 Å². The van der Waals surface area contributed by atoms with Gasteiger partial charge in [0.25, 0.3) is 10.0 Å². The zero-order valence-corrected chi connectivity index (χ0v) is 18.6. The zero-order chi connectivity index (χ0) is 21.2. The number of sulfonamides is 1. The van der Waals surface area contributed by atoms with Crippen LogP contribution >= 0.6 is 0 Å². The van der Waals surface area contributed by atoms with E-state index in [4.69, 9.17) is 0 Å². The van der Waals surface area contributed by atoms with Gasteiger partial charge in [0.1, 0.15) is 4.90 Å². The fraction of sp³-hybridized carbons (Fsp3) is 0.348. The molecule has 0 radical (unpaired) electrons. The molecule has 0 aliphatic heterocycles. The van der Waals surface area contributed by atoms with Crippen LogP contribution in [-0.4, -0.2) is 24.7 Å². The van der Waals surface area contributed by atoms with E-state index in [0.29, 0.717) is 24.5 Å². The monoisotopic (exact) mass is 411 g/mol.